The van der Waals surface area contributed by atoms with Gasteiger partial charge in [-0.1, -0.05) is 13.8 Å². The van der Waals surface area contributed by atoms with E-state index in [4.69, 9.17) is 0 Å². The lowest BCUT2D eigenvalue weighted by Gasteiger charge is -2.01. The highest BCUT2D eigenvalue weighted by Gasteiger charge is 1.99. The van der Waals surface area contributed by atoms with E-state index in [1.807, 2.05) is 13.2 Å². The lowest BCUT2D eigenvalue weighted by atomic mass is 10.1. The van der Waals surface area contributed by atoms with Gasteiger partial charge in [0.15, 0.2) is 5.95 Å². The molecule has 0 aromatic carbocycles. The molecule has 0 saturated carbocycles. The molecule has 68 valence electrons. The van der Waals surface area contributed by atoms with E-state index in [9.17, 15) is 0 Å². The van der Waals surface area contributed by atoms with E-state index in [1.54, 1.807) is 0 Å². The van der Waals surface area contributed by atoms with Gasteiger partial charge in [-0.2, -0.15) is 0 Å². The van der Waals surface area contributed by atoms with Crippen molar-refractivity contribution in [2.45, 2.75) is 26.7 Å². The zero-order chi connectivity index (χ0) is 8.97. The van der Waals surface area contributed by atoms with Crippen LogP contribution < -0.4 is 5.32 Å². The van der Waals surface area contributed by atoms with Gasteiger partial charge in [0.25, 0.3) is 0 Å². The number of hydrogen-bond acceptors (Lipinski definition) is 2. The summed E-state index contributed by atoms with van der Waals surface area (Å²) in [6.07, 6.45) is 4.20. The minimum absolute atomic E-state index is 0.756. The summed E-state index contributed by atoms with van der Waals surface area (Å²) in [5.74, 6) is 1.61. The van der Waals surface area contributed by atoms with Gasteiger partial charge in [0.1, 0.15) is 0 Å². The summed E-state index contributed by atoms with van der Waals surface area (Å²) in [5, 5.41) is 2.97. The molecule has 1 heterocycles. The van der Waals surface area contributed by atoms with Gasteiger partial charge in [-0.05, 0) is 18.8 Å². The minimum Gasteiger partial charge on any atom is -0.359 e. The zero-order valence-corrected chi connectivity index (χ0v) is 8.02. The Morgan fingerprint density at radius 3 is 2.83 bits per heavy atom. The number of aryl methyl sites for hydroxylation is 1. The SMILES string of the molecule is CNc1ncc(CCC(C)C)[nH]1. The second-order valence-electron chi connectivity index (χ2n) is 3.44. The lowest BCUT2D eigenvalue weighted by molar-refractivity contribution is 0.582. The topological polar surface area (TPSA) is 40.7 Å². The quantitative estimate of drug-likeness (QED) is 0.720. The summed E-state index contributed by atoms with van der Waals surface area (Å²) in [4.78, 5) is 7.34. The summed E-state index contributed by atoms with van der Waals surface area (Å²) in [5.41, 5.74) is 1.22. The maximum Gasteiger partial charge on any atom is 0.200 e. The van der Waals surface area contributed by atoms with Gasteiger partial charge >= 0.3 is 0 Å². The van der Waals surface area contributed by atoms with Gasteiger partial charge < -0.3 is 10.3 Å². The smallest absolute Gasteiger partial charge is 0.200 e. The second-order valence-corrected chi connectivity index (χ2v) is 3.44. The Morgan fingerprint density at radius 1 is 1.58 bits per heavy atom. The highest BCUT2D eigenvalue weighted by atomic mass is 15.1. The van der Waals surface area contributed by atoms with Crippen LogP contribution in [0, 0.1) is 5.92 Å². The summed E-state index contributed by atoms with van der Waals surface area (Å²) < 4.78 is 0. The maximum atomic E-state index is 4.15. The Balaban J connectivity index is 2.41. The largest absolute Gasteiger partial charge is 0.359 e. The van der Waals surface area contributed by atoms with Crippen molar-refractivity contribution in [3.05, 3.63) is 11.9 Å². The number of nitrogens with one attached hydrogen (secondary N) is 2. The first-order chi connectivity index (χ1) is 5.72. The number of aromatic amines is 1. The Morgan fingerprint density at radius 2 is 2.33 bits per heavy atom. The van der Waals surface area contributed by atoms with Gasteiger partial charge in [-0.15, -0.1) is 0 Å². The van der Waals surface area contributed by atoms with E-state index in [-0.39, 0.29) is 0 Å². The molecule has 12 heavy (non-hydrogen) atoms. The fourth-order valence-corrected chi connectivity index (χ4v) is 1.06. The lowest BCUT2D eigenvalue weighted by Crippen LogP contribution is -1.93. The molecule has 1 aromatic heterocycles. The van der Waals surface area contributed by atoms with E-state index in [1.165, 1.54) is 12.1 Å². The molecule has 0 bridgehead atoms. The number of nitrogens with zero attached hydrogens (tertiary/aromatic N) is 1. The van der Waals surface area contributed by atoms with Crippen LogP contribution in [-0.2, 0) is 6.42 Å². The van der Waals surface area contributed by atoms with Crippen molar-refractivity contribution in [2.75, 3.05) is 12.4 Å². The Hall–Kier alpha value is -0.990. The molecular formula is C9H17N3. The molecule has 0 aliphatic heterocycles. The first-order valence-corrected chi connectivity index (χ1v) is 4.44. The number of H-pyrrole nitrogens is 1. The predicted octanol–water partition coefficient (Wildman–Crippen LogP) is 2.04. The Labute approximate surface area is 73.6 Å². The van der Waals surface area contributed by atoms with Crippen LogP contribution >= 0.6 is 0 Å². The molecule has 0 aliphatic rings. The van der Waals surface area contributed by atoms with E-state index in [2.05, 4.69) is 29.1 Å². The predicted molar refractivity (Wildman–Crippen MR) is 51.3 cm³/mol. The monoisotopic (exact) mass is 167 g/mol. The fourth-order valence-electron chi connectivity index (χ4n) is 1.06. The third-order valence-electron chi connectivity index (χ3n) is 1.86. The van der Waals surface area contributed by atoms with Crippen LogP contribution in [-0.4, -0.2) is 17.0 Å². The number of imidazole rings is 1. The van der Waals surface area contributed by atoms with Gasteiger partial charge in [0.2, 0.25) is 0 Å². The van der Waals surface area contributed by atoms with Gasteiger partial charge in [0, 0.05) is 12.7 Å². The first kappa shape index (κ1) is 9.10. The van der Waals surface area contributed by atoms with Crippen LogP contribution in [0.2, 0.25) is 0 Å². The van der Waals surface area contributed by atoms with Crippen LogP contribution in [0.3, 0.4) is 0 Å². The van der Waals surface area contributed by atoms with Crippen LogP contribution in [0.4, 0.5) is 5.95 Å². The van der Waals surface area contributed by atoms with Crippen LogP contribution in [0.5, 0.6) is 0 Å². The maximum absolute atomic E-state index is 4.15. The molecule has 3 nitrogen and oxygen atoms in total. The number of hydrogen-bond donors (Lipinski definition) is 2. The number of aromatic nitrogens is 2. The van der Waals surface area contributed by atoms with Crippen LogP contribution in [0.15, 0.2) is 6.20 Å². The molecule has 3 heteroatoms. The van der Waals surface area contributed by atoms with Crippen molar-refractivity contribution in [2.24, 2.45) is 5.92 Å². The average molecular weight is 167 g/mol. The first-order valence-electron chi connectivity index (χ1n) is 4.44. The van der Waals surface area contributed by atoms with E-state index >= 15 is 0 Å². The third kappa shape index (κ3) is 2.57. The van der Waals surface area contributed by atoms with Crippen LogP contribution in [0.1, 0.15) is 26.0 Å². The van der Waals surface area contributed by atoms with Crippen molar-refractivity contribution in [3.63, 3.8) is 0 Å². The number of anilines is 1. The normalized spacial score (nSPS) is 10.7. The molecule has 0 spiro atoms. The molecule has 1 rings (SSSR count). The molecule has 0 unspecified atom stereocenters. The third-order valence-corrected chi connectivity index (χ3v) is 1.86. The Bertz CT molecular complexity index is 227. The van der Waals surface area contributed by atoms with Crippen molar-refractivity contribution in [1.29, 1.82) is 0 Å². The average Bonchev–Trinajstić information content (AvgIpc) is 2.48. The molecular weight excluding hydrogens is 150 g/mol. The summed E-state index contributed by atoms with van der Waals surface area (Å²) >= 11 is 0. The molecule has 0 amide bonds. The highest BCUT2D eigenvalue weighted by Crippen LogP contribution is 2.08. The van der Waals surface area contributed by atoms with Gasteiger partial charge in [0.05, 0.1) is 6.20 Å². The van der Waals surface area contributed by atoms with Crippen molar-refractivity contribution in [1.82, 2.24) is 9.97 Å². The standard InChI is InChI=1S/C9H17N3/c1-7(2)4-5-8-6-11-9(10-3)12-8/h6-7H,4-5H2,1-3H3,(H2,10,11,12). The van der Waals surface area contributed by atoms with E-state index < -0.39 is 0 Å². The number of rotatable bonds is 4. The zero-order valence-electron chi connectivity index (χ0n) is 8.02. The summed E-state index contributed by atoms with van der Waals surface area (Å²) in [6, 6.07) is 0. The molecule has 1 aromatic rings. The molecule has 0 saturated heterocycles. The molecule has 0 fully saturated rings. The van der Waals surface area contributed by atoms with E-state index in [0.717, 1.165) is 18.3 Å². The highest BCUT2D eigenvalue weighted by molar-refractivity contribution is 5.24. The fraction of sp³-hybridized carbons (Fsp3) is 0.667. The minimum atomic E-state index is 0.756. The Kier molecular flexibility index (Phi) is 3.14. The summed E-state index contributed by atoms with van der Waals surface area (Å²) in [6.45, 7) is 4.46. The van der Waals surface area contributed by atoms with Crippen molar-refractivity contribution in [3.8, 4) is 0 Å². The van der Waals surface area contributed by atoms with Gasteiger partial charge in [-0.25, -0.2) is 4.98 Å². The molecule has 0 aliphatic carbocycles. The molecule has 2 N–H and O–H groups in total. The van der Waals surface area contributed by atoms with Crippen molar-refractivity contribution >= 4 is 5.95 Å². The molecule has 0 radical (unpaired) electrons. The molecule has 0 atom stereocenters. The van der Waals surface area contributed by atoms with Crippen LogP contribution in [0.25, 0.3) is 0 Å². The van der Waals surface area contributed by atoms with Gasteiger partial charge in [-0.3, -0.25) is 0 Å². The van der Waals surface area contributed by atoms with Crippen molar-refractivity contribution < 1.29 is 0 Å². The van der Waals surface area contributed by atoms with E-state index in [0.29, 0.717) is 0 Å². The summed E-state index contributed by atoms with van der Waals surface area (Å²) in [7, 11) is 1.87. The second kappa shape index (κ2) is 4.14.